The summed E-state index contributed by atoms with van der Waals surface area (Å²) in [5.74, 6) is -5.52. The van der Waals surface area contributed by atoms with Crippen LogP contribution in [0.3, 0.4) is 0 Å². The van der Waals surface area contributed by atoms with Crippen molar-refractivity contribution in [1.29, 1.82) is 0 Å². The van der Waals surface area contributed by atoms with E-state index in [1.54, 1.807) is 32.0 Å². The Morgan fingerprint density at radius 1 is 1.06 bits per heavy atom. The SMILES string of the molecule is CCC(C)(C(=O)O)c1ccc2c(c1)NC(=O)c1ccc(Nc3cc(F)nc(F)c3F)cc1N2. The average molecular weight is 456 g/mol. The molecule has 0 saturated carbocycles. The number of carbonyl (C=O) groups is 2. The fourth-order valence-corrected chi connectivity index (χ4v) is 3.55. The number of carboxylic acid groups (broad SMARTS) is 1. The molecule has 2 heterocycles. The number of benzene rings is 2. The average Bonchev–Trinajstić information content (AvgIpc) is 2.91. The van der Waals surface area contributed by atoms with Crippen molar-refractivity contribution < 1.29 is 27.9 Å². The number of rotatable bonds is 5. The monoisotopic (exact) mass is 456 g/mol. The highest BCUT2D eigenvalue weighted by atomic mass is 19.2. The number of hydrogen-bond donors (Lipinski definition) is 4. The molecule has 1 unspecified atom stereocenters. The molecule has 1 aromatic heterocycles. The van der Waals surface area contributed by atoms with Gasteiger partial charge in [0.25, 0.3) is 11.9 Å². The van der Waals surface area contributed by atoms with E-state index in [1.165, 1.54) is 18.2 Å². The van der Waals surface area contributed by atoms with E-state index in [0.29, 0.717) is 35.1 Å². The van der Waals surface area contributed by atoms with Crippen LogP contribution in [0.1, 0.15) is 36.2 Å². The third-order valence-electron chi connectivity index (χ3n) is 5.78. The Kier molecular flexibility index (Phi) is 5.44. The fourth-order valence-electron chi connectivity index (χ4n) is 3.55. The Bertz CT molecular complexity index is 1300. The van der Waals surface area contributed by atoms with Crippen molar-refractivity contribution in [2.45, 2.75) is 25.7 Å². The van der Waals surface area contributed by atoms with E-state index in [2.05, 4.69) is 20.9 Å². The molecule has 1 atom stereocenters. The van der Waals surface area contributed by atoms with E-state index < -0.39 is 40.7 Å². The van der Waals surface area contributed by atoms with Crippen LogP contribution in [-0.2, 0) is 10.2 Å². The van der Waals surface area contributed by atoms with Crippen LogP contribution < -0.4 is 16.0 Å². The molecule has 7 nitrogen and oxygen atoms in total. The summed E-state index contributed by atoms with van der Waals surface area (Å²) in [5, 5.41) is 18.1. The Hall–Kier alpha value is -4.08. The third-order valence-corrected chi connectivity index (χ3v) is 5.78. The number of aromatic nitrogens is 1. The first kappa shape index (κ1) is 22.1. The molecule has 0 radical (unpaired) electrons. The van der Waals surface area contributed by atoms with Crippen LogP contribution in [0.5, 0.6) is 0 Å². The fraction of sp³-hybridized carbons (Fsp3) is 0.174. The first-order valence-corrected chi connectivity index (χ1v) is 10.0. The van der Waals surface area contributed by atoms with E-state index in [9.17, 15) is 27.9 Å². The lowest BCUT2D eigenvalue weighted by atomic mass is 9.80. The van der Waals surface area contributed by atoms with Gasteiger partial charge in [0.1, 0.15) is 0 Å². The second kappa shape index (κ2) is 8.12. The number of carbonyl (C=O) groups excluding carboxylic acids is 1. The molecule has 2 aromatic carbocycles. The van der Waals surface area contributed by atoms with E-state index >= 15 is 0 Å². The maximum atomic E-state index is 14.0. The lowest BCUT2D eigenvalue weighted by Crippen LogP contribution is -2.31. The second-order valence-corrected chi connectivity index (χ2v) is 7.81. The lowest BCUT2D eigenvalue weighted by molar-refractivity contribution is -0.143. The zero-order valence-corrected chi connectivity index (χ0v) is 17.6. The number of pyridine rings is 1. The van der Waals surface area contributed by atoms with Crippen LogP contribution >= 0.6 is 0 Å². The van der Waals surface area contributed by atoms with Crippen molar-refractivity contribution in [2.75, 3.05) is 16.0 Å². The van der Waals surface area contributed by atoms with Crippen molar-refractivity contribution in [3.05, 3.63) is 71.3 Å². The molecule has 1 aliphatic rings. The van der Waals surface area contributed by atoms with Gasteiger partial charge in [-0.15, -0.1) is 0 Å². The smallest absolute Gasteiger partial charge is 0.313 e. The van der Waals surface area contributed by atoms with Gasteiger partial charge in [-0.3, -0.25) is 9.59 Å². The molecule has 10 heteroatoms. The first-order chi connectivity index (χ1) is 15.6. The van der Waals surface area contributed by atoms with Crippen LogP contribution in [0.15, 0.2) is 42.5 Å². The zero-order chi connectivity index (χ0) is 23.9. The van der Waals surface area contributed by atoms with Crippen molar-refractivity contribution in [3.8, 4) is 0 Å². The van der Waals surface area contributed by atoms with Gasteiger partial charge < -0.3 is 21.1 Å². The molecule has 33 heavy (non-hydrogen) atoms. The molecule has 1 amide bonds. The number of nitrogens with zero attached hydrogens (tertiary/aromatic N) is 1. The van der Waals surface area contributed by atoms with E-state index in [-0.39, 0.29) is 11.3 Å². The topological polar surface area (TPSA) is 103 Å². The normalized spacial score (nSPS) is 14.2. The Morgan fingerprint density at radius 3 is 2.52 bits per heavy atom. The molecule has 170 valence electrons. The largest absolute Gasteiger partial charge is 0.481 e. The van der Waals surface area contributed by atoms with Gasteiger partial charge in [-0.1, -0.05) is 13.0 Å². The van der Waals surface area contributed by atoms with E-state index in [1.807, 2.05) is 0 Å². The zero-order valence-electron chi connectivity index (χ0n) is 17.6. The standard InChI is InChI=1S/C23H19F3N4O3/c1-3-23(2,22(32)33)11-4-7-14-16(8-11)29-21(31)13-6-5-12(9-15(13)28-14)27-17-10-18(24)30-20(26)19(17)25/h4-10,28H,3H2,1-2H3,(H,27,30)(H,29,31)(H,32,33). The van der Waals surface area contributed by atoms with Crippen LogP contribution in [0, 0.1) is 17.7 Å². The number of amides is 1. The van der Waals surface area contributed by atoms with Crippen LogP contribution in [0.4, 0.5) is 41.6 Å². The Labute approximate surface area is 186 Å². The minimum atomic E-state index is -1.57. The minimum Gasteiger partial charge on any atom is -0.481 e. The highest BCUT2D eigenvalue weighted by Gasteiger charge is 2.34. The van der Waals surface area contributed by atoms with Crippen molar-refractivity contribution >= 4 is 40.3 Å². The van der Waals surface area contributed by atoms with Crippen molar-refractivity contribution in [2.24, 2.45) is 0 Å². The van der Waals surface area contributed by atoms with Crippen molar-refractivity contribution in [1.82, 2.24) is 4.98 Å². The quantitative estimate of drug-likeness (QED) is 0.389. The van der Waals surface area contributed by atoms with Gasteiger partial charge in [0.2, 0.25) is 11.8 Å². The summed E-state index contributed by atoms with van der Waals surface area (Å²) in [6, 6.07) is 10.1. The van der Waals surface area contributed by atoms with Gasteiger partial charge in [0.05, 0.1) is 33.7 Å². The molecular weight excluding hydrogens is 437 g/mol. The summed E-state index contributed by atoms with van der Waals surface area (Å²) in [4.78, 5) is 27.4. The summed E-state index contributed by atoms with van der Waals surface area (Å²) in [6.07, 6.45) is 0.352. The Morgan fingerprint density at radius 2 is 1.82 bits per heavy atom. The van der Waals surface area contributed by atoms with Gasteiger partial charge in [-0.05, 0) is 49.2 Å². The molecule has 4 rings (SSSR count). The molecule has 1 aliphatic heterocycles. The summed E-state index contributed by atoms with van der Waals surface area (Å²) >= 11 is 0. The molecular formula is C23H19F3N4O3. The van der Waals surface area contributed by atoms with Gasteiger partial charge in [-0.2, -0.15) is 18.2 Å². The van der Waals surface area contributed by atoms with Crippen LogP contribution in [0.2, 0.25) is 0 Å². The van der Waals surface area contributed by atoms with E-state index in [4.69, 9.17) is 0 Å². The Balaban J connectivity index is 1.70. The molecule has 0 aliphatic carbocycles. The van der Waals surface area contributed by atoms with E-state index in [0.717, 1.165) is 0 Å². The van der Waals surface area contributed by atoms with Crippen LogP contribution in [0.25, 0.3) is 0 Å². The number of aliphatic carboxylic acids is 1. The second-order valence-electron chi connectivity index (χ2n) is 7.81. The number of nitrogens with one attached hydrogen (secondary N) is 3. The number of carboxylic acids is 1. The summed E-state index contributed by atoms with van der Waals surface area (Å²) < 4.78 is 40.8. The van der Waals surface area contributed by atoms with Gasteiger partial charge in [-0.25, -0.2) is 0 Å². The summed E-state index contributed by atoms with van der Waals surface area (Å²) in [6.45, 7) is 3.38. The molecule has 3 aromatic rings. The van der Waals surface area contributed by atoms with Gasteiger partial charge in [0.15, 0.2) is 0 Å². The molecule has 0 spiro atoms. The lowest BCUT2D eigenvalue weighted by Gasteiger charge is -2.24. The highest BCUT2D eigenvalue weighted by Crippen LogP contribution is 2.38. The first-order valence-electron chi connectivity index (χ1n) is 10.0. The predicted molar refractivity (Wildman–Crippen MR) is 117 cm³/mol. The van der Waals surface area contributed by atoms with Gasteiger partial charge in [0, 0.05) is 11.8 Å². The van der Waals surface area contributed by atoms with Crippen LogP contribution in [-0.4, -0.2) is 22.0 Å². The molecule has 0 saturated heterocycles. The molecule has 0 bridgehead atoms. The van der Waals surface area contributed by atoms with Gasteiger partial charge >= 0.3 is 5.97 Å². The summed E-state index contributed by atoms with van der Waals surface area (Å²) in [5.41, 5.74) is 0.752. The minimum absolute atomic E-state index is 0.266. The molecule has 4 N–H and O–H groups in total. The number of halogens is 3. The van der Waals surface area contributed by atoms with Crippen molar-refractivity contribution in [3.63, 3.8) is 0 Å². The highest BCUT2D eigenvalue weighted by molar-refractivity contribution is 6.12. The molecule has 0 fully saturated rings. The summed E-state index contributed by atoms with van der Waals surface area (Å²) in [7, 11) is 0. The number of anilines is 5. The number of fused-ring (bicyclic) bond motifs is 2. The predicted octanol–water partition coefficient (Wildman–Crippen LogP) is 5.30. The third kappa shape index (κ3) is 3.95. The number of hydrogen-bond acceptors (Lipinski definition) is 5. The maximum absolute atomic E-state index is 14.0. The maximum Gasteiger partial charge on any atom is 0.313 e.